The molecule has 8 heterocycles. The molecule has 0 saturated carbocycles. The van der Waals surface area contributed by atoms with Crippen molar-refractivity contribution in [2.24, 2.45) is 5.92 Å². The molecule has 2 aromatic carbocycles. The molecule has 4 amide bonds. The molecule has 4 saturated heterocycles. The van der Waals surface area contributed by atoms with Gasteiger partial charge in [-0.2, -0.15) is 0 Å². The van der Waals surface area contributed by atoms with Gasteiger partial charge >= 0.3 is 42.3 Å². The van der Waals surface area contributed by atoms with Gasteiger partial charge in [0.15, 0.2) is 17.3 Å². The molecule has 7 aliphatic rings. The third-order valence-electron chi connectivity index (χ3n) is 20.7. The summed E-state index contributed by atoms with van der Waals surface area (Å²) in [5, 5.41) is 10.1. The van der Waals surface area contributed by atoms with Gasteiger partial charge < -0.3 is 77.5 Å². The second-order valence-electron chi connectivity index (χ2n) is 35.3. The summed E-state index contributed by atoms with van der Waals surface area (Å²) in [6.45, 7) is 42.8. The Bertz CT molecular complexity index is 4590. The van der Waals surface area contributed by atoms with Crippen molar-refractivity contribution in [2.45, 2.75) is 215 Å². The van der Waals surface area contributed by atoms with Crippen LogP contribution in [-0.2, 0) is 56.0 Å². The van der Waals surface area contributed by atoms with E-state index in [1.54, 1.807) is 33.4 Å². The highest BCUT2D eigenvalue weighted by molar-refractivity contribution is 6.13. The zero-order valence-electron chi connectivity index (χ0n) is 72.6. The van der Waals surface area contributed by atoms with Crippen molar-refractivity contribution in [1.29, 1.82) is 0 Å². The summed E-state index contributed by atoms with van der Waals surface area (Å²) >= 11 is 0. The Morgan fingerprint density at radius 1 is 0.450 bits per heavy atom. The van der Waals surface area contributed by atoms with E-state index >= 15 is 0 Å². The van der Waals surface area contributed by atoms with Gasteiger partial charge in [-0.15, -0.1) is 0 Å². The maximum absolute atomic E-state index is 13.1. The maximum Gasteiger partial charge on any atom is 0.410 e. The molecule has 1 unspecified atom stereocenters. The van der Waals surface area contributed by atoms with Crippen LogP contribution in [0, 0.1) is 5.92 Å². The number of hydrogen-bond donors (Lipinski definition) is 1. The van der Waals surface area contributed by atoms with Crippen molar-refractivity contribution in [3.05, 3.63) is 142 Å². The van der Waals surface area contributed by atoms with Crippen LogP contribution in [0.15, 0.2) is 86.0 Å². The van der Waals surface area contributed by atoms with Gasteiger partial charge in [0, 0.05) is 139 Å². The molecule has 1 N–H and O–H groups in total. The number of aromatic nitrogens is 8. The molecule has 0 spiro atoms. The lowest BCUT2D eigenvalue weighted by Crippen LogP contribution is -2.50. The van der Waals surface area contributed by atoms with E-state index < -0.39 is 64.2 Å². The van der Waals surface area contributed by atoms with E-state index in [2.05, 4.69) is 56.6 Å². The lowest BCUT2D eigenvalue weighted by atomic mass is 9.94. The fourth-order valence-corrected chi connectivity index (χ4v) is 15.1. The van der Waals surface area contributed by atoms with Crippen LogP contribution in [0.3, 0.4) is 0 Å². The Morgan fingerprint density at radius 3 is 1.25 bits per heavy atom. The Morgan fingerprint density at radius 2 is 0.825 bits per heavy atom. The number of aliphatic hydroxyl groups excluding tert-OH is 1. The summed E-state index contributed by atoms with van der Waals surface area (Å²) in [6.07, 6.45) is 4.81. The molecule has 4 aromatic heterocycles. The molecule has 0 bridgehead atoms. The Labute approximate surface area is 702 Å². The minimum absolute atomic E-state index is 0.0348. The fraction of sp³-hybridized carbons (Fsp3) is 0.575. The number of aliphatic hydroxyl groups is 1. The first-order chi connectivity index (χ1) is 56.6. The van der Waals surface area contributed by atoms with Crippen molar-refractivity contribution < 1.29 is 81.4 Å². The number of ether oxygens (including phenoxy) is 7. The number of Topliss-reactive ketones (excluding diaryl/α,β-unsaturated/α-hetero) is 2. The van der Waals surface area contributed by atoms with Gasteiger partial charge in [-0.1, -0.05) is 88.4 Å². The molecule has 648 valence electrons. The molecular formula is C87H118N16O17. The van der Waals surface area contributed by atoms with Gasteiger partial charge in [0.05, 0.1) is 24.3 Å². The first-order valence-electron chi connectivity index (χ1n) is 41.3. The van der Waals surface area contributed by atoms with Gasteiger partial charge in [-0.25, -0.2) is 63.8 Å². The Kier molecular flexibility index (Phi) is 29.8. The number of benzene rings is 2. The van der Waals surface area contributed by atoms with Crippen molar-refractivity contribution in [2.75, 3.05) is 124 Å². The van der Waals surface area contributed by atoms with Gasteiger partial charge in [0.1, 0.15) is 102 Å². The third kappa shape index (κ3) is 24.1. The predicted octanol–water partition coefficient (Wildman–Crippen LogP) is 11.8. The zero-order valence-corrected chi connectivity index (χ0v) is 72.6. The van der Waals surface area contributed by atoms with Crippen LogP contribution in [0.4, 0.5) is 42.4 Å². The highest BCUT2D eigenvalue weighted by atomic mass is 16.6. The van der Waals surface area contributed by atoms with Crippen LogP contribution >= 0.6 is 0 Å². The summed E-state index contributed by atoms with van der Waals surface area (Å²) in [4.78, 5) is 163. The van der Waals surface area contributed by atoms with E-state index in [1.165, 1.54) is 25.3 Å². The summed E-state index contributed by atoms with van der Waals surface area (Å²) in [6, 6.07) is 18.8. The molecule has 120 heavy (non-hydrogen) atoms. The predicted molar refractivity (Wildman–Crippen MR) is 446 cm³/mol. The second-order valence-corrected chi connectivity index (χ2v) is 35.3. The van der Waals surface area contributed by atoms with Crippen LogP contribution in [0.25, 0.3) is 0 Å². The van der Waals surface area contributed by atoms with Crippen molar-refractivity contribution in [3.63, 3.8) is 0 Å². The number of rotatable bonds is 14. The number of ketones is 2. The van der Waals surface area contributed by atoms with Crippen molar-refractivity contribution >= 4 is 77.1 Å². The lowest BCUT2D eigenvalue weighted by Gasteiger charge is -2.37. The molecule has 6 atom stereocenters. The standard InChI is InChI=1S/C28H38N4O6.C25H30N4O5.C17H26N4O3.C17H24N4O3/c1-19(2)37-26(34)24-23(20(3)16-22(33)36-17-21-10-8-7-9-11-21)25(30-18-29-24)31-12-14-32(15-13-31)27(35)38-28(4,5)6;1-16-18-20(21(30)19(16)23(31)33-14-17-8-6-5-7-9-17)26-15-27-22(18)28-10-12-29(13-11-28)24(32)34-25(2,3)4;2*1-11-9-12(22)14-13(11)15(19-10-18-14)20-5-7-21(8-6-20)16(23)24-17(2,3)4/h7-11,18-20H,12-17H2,1-6H3;5-9,15-16,19H,10-14H2,1-4H3;10-12,22H,5-9H2,1-4H3;10-11H,5-9H2,1-4H3/t20-;16-,19?;11-,12-;11-/m1011/s1. The number of carbonyl (C=O) groups excluding carboxylic acids is 9. The summed E-state index contributed by atoms with van der Waals surface area (Å²) in [5.74, 6) is -0.250. The highest BCUT2D eigenvalue weighted by Gasteiger charge is 2.47. The van der Waals surface area contributed by atoms with Gasteiger partial charge in [-0.05, 0) is 132 Å². The first-order valence-corrected chi connectivity index (χ1v) is 41.3. The van der Waals surface area contributed by atoms with E-state index in [-0.39, 0.29) is 84.9 Å². The monoisotopic (exact) mass is 1660 g/mol. The van der Waals surface area contributed by atoms with E-state index in [0.717, 1.165) is 39.6 Å². The van der Waals surface area contributed by atoms with Crippen molar-refractivity contribution in [3.8, 4) is 0 Å². The summed E-state index contributed by atoms with van der Waals surface area (Å²) in [5.41, 5.74) is 4.55. The minimum atomic E-state index is -0.947. The number of hydrogen-bond acceptors (Lipinski definition) is 29. The number of piperazine rings is 4. The number of amides is 4. The number of carbonyl (C=O) groups is 9. The SMILES string of the molecule is CC(C)OC(=O)c1ncnc(N2CCN(C(=O)OC(C)(C)C)CC2)c1[C@H](C)CC(=O)OCc1ccccc1.C[C@@H]1CC(=O)c2ncnc(N3CCN(C(=O)OC(C)(C)C)CC3)c21.C[C@@H]1C[C@@H](O)c2ncnc(N3CCN(C(=O)OC(C)(C)C)CC3)c21.C[C@H]1c2c(ncnc2N2CCN(C(=O)OC(C)(C)C)CC2)C(=O)C1C(=O)OCc1ccccc1. The molecule has 6 aromatic rings. The van der Waals surface area contributed by atoms with E-state index in [4.69, 9.17) is 33.2 Å². The average Bonchev–Trinajstić information content (AvgIpc) is 1.68. The molecular weight excluding hydrogens is 1540 g/mol. The molecule has 33 nitrogen and oxygen atoms in total. The van der Waals surface area contributed by atoms with Crippen LogP contribution in [-0.4, -0.2) is 252 Å². The van der Waals surface area contributed by atoms with Crippen molar-refractivity contribution in [1.82, 2.24) is 59.5 Å². The van der Waals surface area contributed by atoms with E-state index in [1.807, 2.05) is 174 Å². The van der Waals surface area contributed by atoms with Crippen LogP contribution in [0.1, 0.15) is 244 Å². The molecule has 3 aliphatic carbocycles. The normalized spacial score (nSPS) is 19.4. The Balaban J connectivity index is 0.000000171. The fourth-order valence-electron chi connectivity index (χ4n) is 15.1. The van der Waals surface area contributed by atoms with Gasteiger partial charge in [-0.3, -0.25) is 19.2 Å². The lowest BCUT2D eigenvalue weighted by molar-refractivity contribution is -0.148. The largest absolute Gasteiger partial charge is 0.461 e. The van der Waals surface area contributed by atoms with Crippen LogP contribution < -0.4 is 19.6 Å². The number of nitrogens with zero attached hydrogens (tertiary/aromatic N) is 16. The van der Waals surface area contributed by atoms with E-state index in [9.17, 15) is 48.3 Å². The number of anilines is 4. The molecule has 0 radical (unpaired) electrons. The zero-order chi connectivity index (χ0) is 87.3. The van der Waals surface area contributed by atoms with Crippen LogP contribution in [0.5, 0.6) is 0 Å². The Hall–Kier alpha value is -11.3. The molecule has 4 aliphatic heterocycles. The maximum atomic E-state index is 13.1. The van der Waals surface area contributed by atoms with Gasteiger partial charge in [0.25, 0.3) is 0 Å². The molecule has 4 fully saturated rings. The molecule has 13 rings (SSSR count). The third-order valence-corrected chi connectivity index (χ3v) is 20.7. The summed E-state index contributed by atoms with van der Waals surface area (Å²) < 4.78 is 38.2. The highest BCUT2D eigenvalue weighted by Crippen LogP contribution is 2.45. The number of fused-ring (bicyclic) bond motifs is 3. The smallest absolute Gasteiger partial charge is 0.410 e. The quantitative estimate of drug-likeness (QED) is 0.0601. The number of esters is 3. The van der Waals surface area contributed by atoms with E-state index in [0.29, 0.717) is 146 Å². The topological polar surface area (TPSA) is 368 Å². The van der Waals surface area contributed by atoms with Crippen LogP contribution in [0.2, 0.25) is 0 Å². The van der Waals surface area contributed by atoms with Gasteiger partial charge in [0.2, 0.25) is 0 Å². The first kappa shape index (κ1) is 91.1. The molecule has 33 heteroatoms. The average molecular weight is 1660 g/mol. The second kappa shape index (κ2) is 39.3. The summed E-state index contributed by atoms with van der Waals surface area (Å²) in [7, 11) is 0. The minimum Gasteiger partial charge on any atom is -0.461 e.